The number of hydrogen-bond acceptors (Lipinski definition) is 3. The molecule has 0 unspecified atom stereocenters. The first-order valence-corrected chi connectivity index (χ1v) is 11.0. The van der Waals surface area contributed by atoms with Crippen LogP contribution in [-0.2, 0) is 12.8 Å². The van der Waals surface area contributed by atoms with E-state index in [1.807, 2.05) is 58.0 Å². The van der Waals surface area contributed by atoms with Crippen LogP contribution in [0.4, 0.5) is 0 Å². The number of aryl methyl sites for hydroxylation is 2. The third kappa shape index (κ3) is 4.08. The number of carbonyl (C=O) groups is 1. The van der Waals surface area contributed by atoms with Gasteiger partial charge in [-0.3, -0.25) is 9.20 Å². The van der Waals surface area contributed by atoms with E-state index in [-0.39, 0.29) is 11.8 Å². The predicted molar refractivity (Wildman–Crippen MR) is 121 cm³/mol. The summed E-state index contributed by atoms with van der Waals surface area (Å²) in [4.78, 5) is 15.5. The van der Waals surface area contributed by atoms with Crippen LogP contribution in [0.3, 0.4) is 0 Å². The molecule has 1 fully saturated rings. The maximum absolute atomic E-state index is 13.5. The van der Waals surface area contributed by atoms with E-state index >= 15 is 0 Å². The monoisotopic (exact) mass is 410 g/mol. The summed E-state index contributed by atoms with van der Waals surface area (Å²) in [6.07, 6.45) is 5.79. The molecule has 1 aliphatic rings. The lowest BCUT2D eigenvalue weighted by molar-refractivity contribution is 0.0703. The van der Waals surface area contributed by atoms with Crippen molar-refractivity contribution in [1.29, 1.82) is 0 Å². The molecule has 0 N–H and O–H groups in total. The Balaban J connectivity index is 1.34. The van der Waals surface area contributed by atoms with Gasteiger partial charge in [-0.1, -0.05) is 54.6 Å². The molecular formula is C26H26N4O. The third-order valence-electron chi connectivity index (χ3n) is 6.19. The standard InChI is InChI=1S/C26H26N4O/c31-26(23-13-5-4-11-21(23)16-15-20-9-2-1-3-10-20)29-17-8-12-22(19-29)25-28-27-24-14-6-7-18-30(24)25/h1-7,9-11,13-14,18,22H,8,12,15-17,19H2/t22-/m1/s1. The number of benzene rings is 2. The molecule has 1 saturated heterocycles. The second-order valence-corrected chi connectivity index (χ2v) is 8.22. The Hall–Kier alpha value is -3.47. The summed E-state index contributed by atoms with van der Waals surface area (Å²) < 4.78 is 2.05. The van der Waals surface area contributed by atoms with E-state index < -0.39 is 0 Å². The molecule has 4 aromatic rings. The predicted octanol–water partition coefficient (Wildman–Crippen LogP) is 4.53. The molecule has 1 amide bonds. The number of aromatic nitrogens is 3. The van der Waals surface area contributed by atoms with E-state index in [0.29, 0.717) is 6.54 Å². The van der Waals surface area contributed by atoms with Crippen molar-refractivity contribution in [2.75, 3.05) is 13.1 Å². The average molecular weight is 411 g/mol. The molecule has 0 spiro atoms. The SMILES string of the molecule is O=C(c1ccccc1CCc1ccccc1)N1CCC[C@@H](c2nnc3ccccn23)C1. The van der Waals surface area contributed by atoms with E-state index in [0.717, 1.165) is 54.8 Å². The van der Waals surface area contributed by atoms with Gasteiger partial charge in [-0.2, -0.15) is 0 Å². The largest absolute Gasteiger partial charge is 0.338 e. The summed E-state index contributed by atoms with van der Waals surface area (Å²) in [7, 11) is 0. The van der Waals surface area contributed by atoms with Gasteiger partial charge in [0.1, 0.15) is 5.82 Å². The highest BCUT2D eigenvalue weighted by atomic mass is 16.2. The van der Waals surface area contributed by atoms with E-state index in [4.69, 9.17) is 0 Å². The first kappa shape index (κ1) is 19.5. The molecule has 0 radical (unpaired) electrons. The number of carbonyl (C=O) groups excluding carboxylic acids is 1. The van der Waals surface area contributed by atoms with Gasteiger partial charge < -0.3 is 4.90 Å². The van der Waals surface area contributed by atoms with Gasteiger partial charge in [-0.05, 0) is 55.0 Å². The van der Waals surface area contributed by atoms with Gasteiger partial charge in [-0.25, -0.2) is 0 Å². The quantitative estimate of drug-likeness (QED) is 0.486. The number of pyridine rings is 1. The smallest absolute Gasteiger partial charge is 0.254 e. The van der Waals surface area contributed by atoms with Gasteiger partial charge in [0.15, 0.2) is 5.65 Å². The molecule has 5 heteroatoms. The van der Waals surface area contributed by atoms with Crippen LogP contribution in [0.2, 0.25) is 0 Å². The van der Waals surface area contributed by atoms with Crippen molar-refractivity contribution >= 4 is 11.6 Å². The zero-order valence-corrected chi connectivity index (χ0v) is 17.5. The van der Waals surface area contributed by atoms with Crippen molar-refractivity contribution in [2.45, 2.75) is 31.6 Å². The van der Waals surface area contributed by atoms with Gasteiger partial charge in [0, 0.05) is 30.8 Å². The van der Waals surface area contributed by atoms with Gasteiger partial charge in [0.25, 0.3) is 5.91 Å². The van der Waals surface area contributed by atoms with Gasteiger partial charge in [0.2, 0.25) is 0 Å². The van der Waals surface area contributed by atoms with Crippen molar-refractivity contribution in [3.63, 3.8) is 0 Å². The molecule has 156 valence electrons. The molecule has 2 aromatic heterocycles. The Bertz CT molecular complexity index is 1180. The zero-order valence-electron chi connectivity index (χ0n) is 17.5. The summed E-state index contributed by atoms with van der Waals surface area (Å²) in [5, 5.41) is 8.74. The molecule has 0 saturated carbocycles. The van der Waals surface area contributed by atoms with E-state index in [1.165, 1.54) is 5.56 Å². The number of amides is 1. The normalized spacial score (nSPS) is 16.5. The molecule has 0 bridgehead atoms. The maximum Gasteiger partial charge on any atom is 0.254 e. The highest BCUT2D eigenvalue weighted by Crippen LogP contribution is 2.27. The lowest BCUT2D eigenvalue weighted by atomic mass is 9.95. The number of fused-ring (bicyclic) bond motifs is 1. The van der Waals surface area contributed by atoms with Crippen LogP contribution in [0.1, 0.15) is 46.1 Å². The van der Waals surface area contributed by atoms with Gasteiger partial charge in [-0.15, -0.1) is 10.2 Å². The highest BCUT2D eigenvalue weighted by Gasteiger charge is 2.29. The minimum absolute atomic E-state index is 0.127. The second-order valence-electron chi connectivity index (χ2n) is 8.22. The third-order valence-corrected chi connectivity index (χ3v) is 6.19. The van der Waals surface area contributed by atoms with Crippen LogP contribution in [-0.4, -0.2) is 38.5 Å². The summed E-state index contributed by atoms with van der Waals surface area (Å²) in [5.74, 6) is 1.28. The number of nitrogens with zero attached hydrogens (tertiary/aromatic N) is 4. The second kappa shape index (κ2) is 8.72. The average Bonchev–Trinajstić information content (AvgIpc) is 3.27. The van der Waals surface area contributed by atoms with Crippen molar-refractivity contribution in [2.24, 2.45) is 0 Å². The van der Waals surface area contributed by atoms with Crippen LogP contribution in [0.15, 0.2) is 79.0 Å². The van der Waals surface area contributed by atoms with E-state index in [9.17, 15) is 4.79 Å². The number of rotatable bonds is 5. The minimum Gasteiger partial charge on any atom is -0.338 e. The molecule has 1 atom stereocenters. The molecule has 1 aliphatic heterocycles. The molecule has 0 aliphatic carbocycles. The fourth-order valence-electron chi connectivity index (χ4n) is 4.55. The summed E-state index contributed by atoms with van der Waals surface area (Å²) in [5.41, 5.74) is 4.09. The van der Waals surface area contributed by atoms with Crippen LogP contribution >= 0.6 is 0 Å². The Kier molecular flexibility index (Phi) is 5.48. The Morgan fingerprint density at radius 2 is 1.71 bits per heavy atom. The maximum atomic E-state index is 13.5. The van der Waals surface area contributed by atoms with Crippen LogP contribution < -0.4 is 0 Å². The Labute approximate surface area is 182 Å². The van der Waals surface area contributed by atoms with E-state index in [2.05, 4.69) is 40.5 Å². The molecule has 2 aromatic carbocycles. The van der Waals surface area contributed by atoms with Crippen molar-refractivity contribution in [3.05, 3.63) is 102 Å². The van der Waals surface area contributed by atoms with Crippen LogP contribution in [0, 0.1) is 0 Å². The topological polar surface area (TPSA) is 50.5 Å². The number of piperidine rings is 1. The molecular weight excluding hydrogens is 384 g/mol. The Morgan fingerprint density at radius 3 is 2.61 bits per heavy atom. The lowest BCUT2D eigenvalue weighted by Gasteiger charge is -2.32. The van der Waals surface area contributed by atoms with Crippen molar-refractivity contribution < 1.29 is 4.79 Å². The van der Waals surface area contributed by atoms with Crippen LogP contribution in [0.5, 0.6) is 0 Å². The molecule has 31 heavy (non-hydrogen) atoms. The summed E-state index contributed by atoms with van der Waals surface area (Å²) >= 11 is 0. The van der Waals surface area contributed by atoms with Gasteiger partial charge >= 0.3 is 0 Å². The number of hydrogen-bond donors (Lipinski definition) is 0. The zero-order chi connectivity index (χ0) is 21.0. The summed E-state index contributed by atoms with van der Waals surface area (Å²) in [6.45, 7) is 1.47. The first-order valence-electron chi connectivity index (χ1n) is 11.0. The summed E-state index contributed by atoms with van der Waals surface area (Å²) in [6, 6.07) is 24.4. The van der Waals surface area contributed by atoms with Crippen molar-refractivity contribution in [3.8, 4) is 0 Å². The molecule has 5 rings (SSSR count). The fraction of sp³-hybridized carbons (Fsp3) is 0.269. The lowest BCUT2D eigenvalue weighted by Crippen LogP contribution is -2.40. The number of likely N-dealkylation sites (tertiary alicyclic amines) is 1. The van der Waals surface area contributed by atoms with Gasteiger partial charge in [0.05, 0.1) is 0 Å². The fourth-order valence-corrected chi connectivity index (χ4v) is 4.55. The minimum atomic E-state index is 0.127. The van der Waals surface area contributed by atoms with Crippen LogP contribution in [0.25, 0.3) is 5.65 Å². The molecule has 3 heterocycles. The highest BCUT2D eigenvalue weighted by molar-refractivity contribution is 5.95. The van der Waals surface area contributed by atoms with Crippen molar-refractivity contribution in [1.82, 2.24) is 19.5 Å². The molecule has 5 nitrogen and oxygen atoms in total. The Morgan fingerprint density at radius 1 is 0.903 bits per heavy atom. The first-order chi connectivity index (χ1) is 15.3. The van der Waals surface area contributed by atoms with E-state index in [1.54, 1.807) is 0 Å².